The fraction of sp³-hybridized carbons (Fsp3) is 0.304. The van der Waals surface area contributed by atoms with Gasteiger partial charge in [0, 0.05) is 37.1 Å². The highest BCUT2D eigenvalue weighted by Crippen LogP contribution is 2.29. The van der Waals surface area contributed by atoms with E-state index in [4.69, 9.17) is 9.47 Å². The molecule has 4 rings (SSSR count). The fourth-order valence-electron chi connectivity index (χ4n) is 3.95. The zero-order valence-corrected chi connectivity index (χ0v) is 17.7. The first-order valence-electron chi connectivity index (χ1n) is 10.2. The SMILES string of the molecule is COC(=O)c1[nH]c2ccccc2c1NC(=O)CN1CCN(c2ccccc2OC)CC1. The zero-order valence-electron chi connectivity index (χ0n) is 17.7. The molecule has 0 aliphatic carbocycles. The Hall–Kier alpha value is -3.52. The number of anilines is 2. The Balaban J connectivity index is 1.41. The lowest BCUT2D eigenvalue weighted by Crippen LogP contribution is -2.48. The second kappa shape index (κ2) is 9.09. The van der Waals surface area contributed by atoms with E-state index in [1.807, 2.05) is 48.5 Å². The van der Waals surface area contributed by atoms with Gasteiger partial charge >= 0.3 is 5.97 Å². The number of esters is 1. The fourth-order valence-corrected chi connectivity index (χ4v) is 3.95. The molecule has 0 spiro atoms. The minimum absolute atomic E-state index is 0.166. The van der Waals surface area contributed by atoms with Gasteiger partial charge in [-0.05, 0) is 18.2 Å². The van der Waals surface area contributed by atoms with Crippen LogP contribution >= 0.6 is 0 Å². The van der Waals surface area contributed by atoms with E-state index in [-0.39, 0.29) is 18.1 Å². The molecule has 31 heavy (non-hydrogen) atoms. The number of ether oxygens (including phenoxy) is 2. The van der Waals surface area contributed by atoms with Crippen LogP contribution in [0.25, 0.3) is 10.9 Å². The molecule has 0 radical (unpaired) electrons. The molecule has 162 valence electrons. The number of H-pyrrole nitrogens is 1. The van der Waals surface area contributed by atoms with E-state index in [1.54, 1.807) is 7.11 Å². The average Bonchev–Trinajstić information content (AvgIpc) is 3.17. The maximum atomic E-state index is 12.8. The van der Waals surface area contributed by atoms with Gasteiger partial charge in [-0.15, -0.1) is 0 Å². The summed E-state index contributed by atoms with van der Waals surface area (Å²) in [7, 11) is 2.99. The van der Waals surface area contributed by atoms with Gasteiger partial charge in [0.15, 0.2) is 0 Å². The number of nitrogens with one attached hydrogen (secondary N) is 2. The van der Waals surface area contributed by atoms with Crippen molar-refractivity contribution in [3.8, 4) is 5.75 Å². The Morgan fingerprint density at radius 1 is 1.00 bits per heavy atom. The molecule has 1 fully saturated rings. The number of carbonyl (C=O) groups is 2. The molecule has 0 atom stereocenters. The Morgan fingerprint density at radius 3 is 2.45 bits per heavy atom. The highest BCUT2D eigenvalue weighted by atomic mass is 16.5. The minimum atomic E-state index is -0.517. The Morgan fingerprint density at radius 2 is 1.71 bits per heavy atom. The van der Waals surface area contributed by atoms with E-state index in [0.29, 0.717) is 5.69 Å². The lowest BCUT2D eigenvalue weighted by Gasteiger charge is -2.36. The number of hydrogen-bond donors (Lipinski definition) is 2. The molecule has 0 unspecified atom stereocenters. The van der Waals surface area contributed by atoms with Crippen molar-refractivity contribution in [2.24, 2.45) is 0 Å². The van der Waals surface area contributed by atoms with Crippen molar-refractivity contribution in [2.45, 2.75) is 0 Å². The average molecular weight is 422 g/mol. The Labute approximate surface area is 180 Å². The number of methoxy groups -OCH3 is 2. The molecule has 0 saturated carbocycles. The van der Waals surface area contributed by atoms with Gasteiger partial charge in [-0.2, -0.15) is 0 Å². The first-order valence-corrected chi connectivity index (χ1v) is 10.2. The molecule has 1 amide bonds. The maximum Gasteiger partial charge on any atom is 0.356 e. The van der Waals surface area contributed by atoms with Crippen LogP contribution in [-0.4, -0.2) is 68.7 Å². The van der Waals surface area contributed by atoms with Gasteiger partial charge in [-0.25, -0.2) is 4.79 Å². The van der Waals surface area contributed by atoms with Crippen LogP contribution in [0.5, 0.6) is 5.75 Å². The number of benzene rings is 2. The Kier molecular flexibility index (Phi) is 6.08. The topological polar surface area (TPSA) is 86.9 Å². The lowest BCUT2D eigenvalue weighted by atomic mass is 10.2. The van der Waals surface area contributed by atoms with Crippen LogP contribution < -0.4 is 15.0 Å². The summed E-state index contributed by atoms with van der Waals surface area (Å²) in [5.41, 5.74) is 2.54. The van der Waals surface area contributed by atoms with E-state index in [0.717, 1.165) is 48.5 Å². The third kappa shape index (κ3) is 4.34. The Bertz CT molecular complexity index is 1090. The number of hydrogen-bond acceptors (Lipinski definition) is 6. The second-order valence-corrected chi connectivity index (χ2v) is 7.40. The van der Waals surface area contributed by atoms with Gasteiger partial charge in [0.05, 0.1) is 32.1 Å². The normalized spacial score (nSPS) is 14.5. The van der Waals surface area contributed by atoms with Crippen LogP contribution in [0.1, 0.15) is 10.5 Å². The lowest BCUT2D eigenvalue weighted by molar-refractivity contribution is -0.117. The van der Waals surface area contributed by atoms with Crippen molar-refractivity contribution in [1.29, 1.82) is 0 Å². The highest BCUT2D eigenvalue weighted by Gasteiger charge is 2.23. The van der Waals surface area contributed by atoms with Crippen LogP contribution in [0.3, 0.4) is 0 Å². The number of nitrogens with zero attached hydrogens (tertiary/aromatic N) is 2. The van der Waals surface area contributed by atoms with Gasteiger partial charge in [-0.3, -0.25) is 9.69 Å². The first-order chi connectivity index (χ1) is 15.1. The van der Waals surface area contributed by atoms with Gasteiger partial charge < -0.3 is 24.7 Å². The highest BCUT2D eigenvalue weighted by molar-refractivity contribution is 6.11. The predicted octanol–water partition coefficient (Wildman–Crippen LogP) is 2.72. The number of aromatic amines is 1. The van der Waals surface area contributed by atoms with Gasteiger partial charge in [0.2, 0.25) is 5.91 Å². The van der Waals surface area contributed by atoms with Gasteiger partial charge in [-0.1, -0.05) is 30.3 Å². The predicted molar refractivity (Wildman–Crippen MR) is 120 cm³/mol. The number of carbonyl (C=O) groups excluding carboxylic acids is 2. The summed E-state index contributed by atoms with van der Waals surface area (Å²) in [6, 6.07) is 15.4. The summed E-state index contributed by atoms with van der Waals surface area (Å²) < 4.78 is 10.3. The van der Waals surface area contributed by atoms with Crippen LogP contribution in [0.4, 0.5) is 11.4 Å². The molecule has 1 aliphatic heterocycles. The molecule has 1 aromatic heterocycles. The van der Waals surface area contributed by atoms with Crippen LogP contribution in [0, 0.1) is 0 Å². The molecular weight excluding hydrogens is 396 g/mol. The third-order valence-corrected chi connectivity index (χ3v) is 5.53. The van der Waals surface area contributed by atoms with Crippen molar-refractivity contribution in [3.63, 3.8) is 0 Å². The van der Waals surface area contributed by atoms with E-state index >= 15 is 0 Å². The first kappa shape index (κ1) is 20.7. The maximum absolute atomic E-state index is 12.8. The largest absolute Gasteiger partial charge is 0.495 e. The summed E-state index contributed by atoms with van der Waals surface area (Å²) in [6.07, 6.45) is 0. The number of piperazine rings is 1. The van der Waals surface area contributed by atoms with Crippen LogP contribution in [0.2, 0.25) is 0 Å². The molecule has 1 aliphatic rings. The van der Waals surface area contributed by atoms with Crippen LogP contribution in [-0.2, 0) is 9.53 Å². The molecule has 1 saturated heterocycles. The molecule has 2 heterocycles. The molecule has 0 bridgehead atoms. The standard InChI is InChI=1S/C23H26N4O4/c1-30-19-10-6-5-9-18(19)27-13-11-26(12-14-27)15-20(28)25-21-16-7-3-4-8-17(16)24-22(21)23(29)31-2/h3-10,24H,11-15H2,1-2H3,(H,25,28). The van der Waals surface area contributed by atoms with E-state index in [9.17, 15) is 9.59 Å². The monoisotopic (exact) mass is 422 g/mol. The minimum Gasteiger partial charge on any atom is -0.495 e. The number of amides is 1. The van der Waals surface area contributed by atoms with E-state index < -0.39 is 5.97 Å². The second-order valence-electron chi connectivity index (χ2n) is 7.40. The quantitative estimate of drug-likeness (QED) is 0.594. The number of rotatable bonds is 6. The molecule has 8 heteroatoms. The van der Waals surface area contributed by atoms with Crippen molar-refractivity contribution >= 4 is 34.2 Å². The van der Waals surface area contributed by atoms with Crippen LogP contribution in [0.15, 0.2) is 48.5 Å². The molecular formula is C23H26N4O4. The van der Waals surface area contributed by atoms with Gasteiger partial charge in [0.25, 0.3) is 0 Å². The van der Waals surface area contributed by atoms with Gasteiger partial charge in [0.1, 0.15) is 11.4 Å². The number of para-hydroxylation sites is 3. The summed E-state index contributed by atoms with van der Waals surface area (Å²) in [6.45, 7) is 3.36. The van der Waals surface area contributed by atoms with Crippen molar-refractivity contribution in [1.82, 2.24) is 9.88 Å². The van der Waals surface area contributed by atoms with E-state index in [2.05, 4.69) is 20.1 Å². The van der Waals surface area contributed by atoms with Crippen molar-refractivity contribution in [3.05, 3.63) is 54.2 Å². The molecule has 3 aromatic rings. The zero-order chi connectivity index (χ0) is 21.8. The van der Waals surface area contributed by atoms with Crippen molar-refractivity contribution in [2.75, 3.05) is 57.2 Å². The summed E-state index contributed by atoms with van der Waals surface area (Å²) in [5.74, 6) is 0.168. The summed E-state index contributed by atoms with van der Waals surface area (Å²) in [4.78, 5) is 32.4. The number of fused-ring (bicyclic) bond motifs is 1. The van der Waals surface area contributed by atoms with E-state index in [1.165, 1.54) is 7.11 Å². The number of aromatic nitrogens is 1. The third-order valence-electron chi connectivity index (χ3n) is 5.53. The molecule has 2 N–H and O–H groups in total. The summed E-state index contributed by atoms with van der Waals surface area (Å²) in [5, 5.41) is 3.69. The van der Waals surface area contributed by atoms with Crippen molar-refractivity contribution < 1.29 is 19.1 Å². The molecule has 8 nitrogen and oxygen atoms in total. The molecule has 2 aromatic carbocycles. The smallest absolute Gasteiger partial charge is 0.356 e. The summed E-state index contributed by atoms with van der Waals surface area (Å²) >= 11 is 0.